The van der Waals surface area contributed by atoms with Crippen molar-refractivity contribution in [3.05, 3.63) is 71.2 Å². The van der Waals surface area contributed by atoms with Gasteiger partial charge >= 0.3 is 0 Å². The molecule has 1 heterocycles. The fourth-order valence-corrected chi connectivity index (χ4v) is 5.28. The molecule has 1 amide bonds. The molecule has 1 aliphatic heterocycles. The zero-order valence-electron chi connectivity index (χ0n) is 19.9. The van der Waals surface area contributed by atoms with Crippen LogP contribution in [0.4, 0.5) is 17.1 Å². The van der Waals surface area contributed by atoms with Crippen LogP contribution < -0.4 is 24.4 Å². The lowest BCUT2D eigenvalue weighted by Crippen LogP contribution is -2.31. The Hall–Kier alpha value is -3.24. The van der Waals surface area contributed by atoms with E-state index in [1.54, 1.807) is 55.6 Å². The first kappa shape index (κ1) is 25.8. The van der Waals surface area contributed by atoms with Crippen LogP contribution in [0.3, 0.4) is 0 Å². The molecular formula is C26H28BrN3O5S. The van der Waals surface area contributed by atoms with E-state index in [1.807, 2.05) is 12.1 Å². The Morgan fingerprint density at radius 2 is 1.61 bits per heavy atom. The third-order valence-corrected chi connectivity index (χ3v) is 7.68. The van der Waals surface area contributed by atoms with Crippen LogP contribution in [0.25, 0.3) is 0 Å². The van der Waals surface area contributed by atoms with Crippen LogP contribution >= 0.6 is 15.9 Å². The Balaban J connectivity index is 1.55. The number of hydrogen-bond donors (Lipinski definition) is 2. The van der Waals surface area contributed by atoms with E-state index in [0.29, 0.717) is 22.9 Å². The highest BCUT2D eigenvalue weighted by Gasteiger charge is 2.21. The third-order valence-electron chi connectivity index (χ3n) is 5.77. The van der Waals surface area contributed by atoms with Gasteiger partial charge < -0.3 is 19.7 Å². The maximum Gasteiger partial charge on any atom is 0.262 e. The second kappa shape index (κ2) is 11.7. The second-order valence-electron chi connectivity index (χ2n) is 8.35. The van der Waals surface area contributed by atoms with Crippen molar-refractivity contribution in [2.24, 2.45) is 0 Å². The van der Waals surface area contributed by atoms with E-state index in [4.69, 9.17) is 9.47 Å². The highest BCUT2D eigenvalue weighted by Crippen LogP contribution is 2.32. The first-order valence-electron chi connectivity index (χ1n) is 11.6. The summed E-state index contributed by atoms with van der Waals surface area (Å²) in [6.45, 7) is 1.48. The molecule has 1 aliphatic rings. The van der Waals surface area contributed by atoms with Crippen molar-refractivity contribution < 1.29 is 22.7 Å². The molecule has 4 rings (SSSR count). The molecule has 36 heavy (non-hydrogen) atoms. The van der Waals surface area contributed by atoms with Crippen molar-refractivity contribution in [3.8, 4) is 11.5 Å². The summed E-state index contributed by atoms with van der Waals surface area (Å²) in [5, 5.41) is 2.86. The average Bonchev–Trinajstić information content (AvgIpc) is 2.89. The van der Waals surface area contributed by atoms with E-state index < -0.39 is 10.0 Å². The smallest absolute Gasteiger partial charge is 0.262 e. The molecule has 2 N–H and O–H groups in total. The van der Waals surface area contributed by atoms with Gasteiger partial charge in [0.2, 0.25) is 0 Å². The normalized spacial score (nSPS) is 13.7. The first-order valence-corrected chi connectivity index (χ1v) is 13.9. The van der Waals surface area contributed by atoms with Gasteiger partial charge in [0.15, 0.2) is 6.61 Å². The molecule has 3 aromatic rings. The van der Waals surface area contributed by atoms with E-state index in [1.165, 1.54) is 6.07 Å². The molecule has 0 bridgehead atoms. The molecule has 190 valence electrons. The van der Waals surface area contributed by atoms with Gasteiger partial charge in [-0.05, 0) is 86.0 Å². The van der Waals surface area contributed by atoms with Crippen LogP contribution in [0.2, 0.25) is 0 Å². The average molecular weight is 574 g/mol. The lowest BCUT2D eigenvalue weighted by atomic mass is 10.1. The number of rotatable bonds is 9. The molecule has 1 saturated heterocycles. The fraction of sp³-hybridized carbons (Fsp3) is 0.269. The highest BCUT2D eigenvalue weighted by molar-refractivity contribution is 9.10. The summed E-state index contributed by atoms with van der Waals surface area (Å²) in [7, 11) is -2.35. The number of carbonyl (C=O) groups is 1. The van der Waals surface area contributed by atoms with Crippen LogP contribution in [0.15, 0.2) is 76.1 Å². The Kier molecular flexibility index (Phi) is 8.37. The Bertz CT molecular complexity index is 1290. The molecule has 0 radical (unpaired) electrons. The predicted octanol–water partition coefficient (Wildman–Crippen LogP) is 5.27. The van der Waals surface area contributed by atoms with Gasteiger partial charge in [-0.25, -0.2) is 8.42 Å². The second-order valence-corrected chi connectivity index (χ2v) is 10.9. The lowest BCUT2D eigenvalue weighted by Gasteiger charge is -2.30. The van der Waals surface area contributed by atoms with Gasteiger partial charge in [0, 0.05) is 23.2 Å². The van der Waals surface area contributed by atoms with Gasteiger partial charge in [0.1, 0.15) is 11.5 Å². The monoisotopic (exact) mass is 573 g/mol. The standard InChI is InChI=1S/C26H28BrN3O5S/c1-34-21-11-7-20(8-12-21)29-36(32,33)23-13-14-25(30-15-3-2-4-16-30)24(17-23)28-26(31)18-35-22-9-5-19(27)6-10-22/h5-14,17,29H,2-4,15-16,18H2,1H3,(H,28,31). The number of nitrogens with one attached hydrogen (secondary N) is 2. The van der Waals surface area contributed by atoms with E-state index in [2.05, 4.69) is 30.9 Å². The zero-order valence-corrected chi connectivity index (χ0v) is 22.3. The van der Waals surface area contributed by atoms with E-state index in [-0.39, 0.29) is 17.4 Å². The minimum Gasteiger partial charge on any atom is -0.497 e. The quantitative estimate of drug-likeness (QED) is 0.362. The molecule has 3 aromatic carbocycles. The Labute approximate surface area is 219 Å². The van der Waals surface area contributed by atoms with Gasteiger partial charge in [-0.15, -0.1) is 0 Å². The molecule has 0 aromatic heterocycles. The van der Waals surface area contributed by atoms with Gasteiger partial charge in [-0.3, -0.25) is 9.52 Å². The predicted molar refractivity (Wildman–Crippen MR) is 145 cm³/mol. The molecule has 0 unspecified atom stereocenters. The number of hydrogen-bond acceptors (Lipinski definition) is 6. The summed E-state index contributed by atoms with van der Waals surface area (Å²) in [4.78, 5) is 15.0. The Morgan fingerprint density at radius 3 is 2.28 bits per heavy atom. The van der Waals surface area contributed by atoms with Crippen LogP contribution in [0.1, 0.15) is 19.3 Å². The number of sulfonamides is 1. The number of amides is 1. The number of ether oxygens (including phenoxy) is 2. The molecule has 10 heteroatoms. The molecular weight excluding hydrogens is 546 g/mol. The lowest BCUT2D eigenvalue weighted by molar-refractivity contribution is -0.118. The molecule has 8 nitrogen and oxygen atoms in total. The van der Waals surface area contributed by atoms with Gasteiger partial charge in [-0.1, -0.05) is 15.9 Å². The number of carbonyl (C=O) groups excluding carboxylic acids is 1. The molecule has 0 spiro atoms. The minimum absolute atomic E-state index is 0.0446. The maximum absolute atomic E-state index is 13.1. The molecule has 0 aliphatic carbocycles. The van der Waals surface area contributed by atoms with Crippen LogP contribution in [0, 0.1) is 0 Å². The van der Waals surface area contributed by atoms with E-state index in [0.717, 1.165) is 42.5 Å². The van der Waals surface area contributed by atoms with Crippen LogP contribution in [-0.2, 0) is 14.8 Å². The first-order chi connectivity index (χ1) is 17.3. The SMILES string of the molecule is COc1ccc(NS(=O)(=O)c2ccc(N3CCCCC3)c(NC(=O)COc3ccc(Br)cc3)c2)cc1. The van der Waals surface area contributed by atoms with Gasteiger partial charge in [-0.2, -0.15) is 0 Å². The highest BCUT2D eigenvalue weighted by atomic mass is 79.9. The summed E-state index contributed by atoms with van der Waals surface area (Å²) in [5.74, 6) is 0.803. The number of nitrogens with zero attached hydrogens (tertiary/aromatic N) is 1. The molecule has 0 saturated carbocycles. The number of anilines is 3. The molecule has 0 atom stereocenters. The summed E-state index contributed by atoms with van der Waals surface area (Å²) in [6.07, 6.45) is 3.23. The van der Waals surface area contributed by atoms with E-state index in [9.17, 15) is 13.2 Å². The summed E-state index contributed by atoms with van der Waals surface area (Å²) in [5.41, 5.74) is 1.62. The van der Waals surface area contributed by atoms with Crippen LogP contribution in [-0.4, -0.2) is 41.1 Å². The number of methoxy groups -OCH3 is 1. The number of halogens is 1. The fourth-order valence-electron chi connectivity index (χ4n) is 3.93. The summed E-state index contributed by atoms with van der Waals surface area (Å²) < 4.78 is 40.4. The van der Waals surface area contributed by atoms with Crippen molar-refractivity contribution in [2.45, 2.75) is 24.2 Å². The van der Waals surface area contributed by atoms with Crippen LogP contribution in [0.5, 0.6) is 11.5 Å². The van der Waals surface area contributed by atoms with Crippen molar-refractivity contribution in [2.75, 3.05) is 41.7 Å². The van der Waals surface area contributed by atoms with Gasteiger partial charge in [0.25, 0.3) is 15.9 Å². The largest absolute Gasteiger partial charge is 0.497 e. The van der Waals surface area contributed by atoms with Crippen molar-refractivity contribution in [3.63, 3.8) is 0 Å². The van der Waals surface area contributed by atoms with E-state index >= 15 is 0 Å². The summed E-state index contributed by atoms with van der Waals surface area (Å²) >= 11 is 3.37. The number of piperidine rings is 1. The third kappa shape index (κ3) is 6.70. The Morgan fingerprint density at radius 1 is 0.944 bits per heavy atom. The minimum atomic E-state index is -3.89. The molecule has 1 fully saturated rings. The number of benzene rings is 3. The van der Waals surface area contributed by atoms with Gasteiger partial charge in [0.05, 0.1) is 23.4 Å². The topological polar surface area (TPSA) is 97.0 Å². The zero-order chi connectivity index (χ0) is 25.5. The van der Waals surface area contributed by atoms with Crippen molar-refractivity contribution in [1.82, 2.24) is 0 Å². The summed E-state index contributed by atoms with van der Waals surface area (Å²) in [6, 6.07) is 18.6. The van der Waals surface area contributed by atoms with Crippen molar-refractivity contribution in [1.29, 1.82) is 0 Å². The maximum atomic E-state index is 13.1. The van der Waals surface area contributed by atoms with Crippen molar-refractivity contribution >= 4 is 48.9 Å².